The van der Waals surface area contributed by atoms with Gasteiger partial charge in [0.25, 0.3) is 0 Å². The van der Waals surface area contributed by atoms with Gasteiger partial charge in [0.05, 0.1) is 12.5 Å². The molecule has 1 aromatic carbocycles. The predicted octanol–water partition coefficient (Wildman–Crippen LogP) is 4.43. The standard InChI is InChI=1S/C23H22N4O2S/c1-16-19-21(25-15-26-22(19)30-20(16)23(28)29-2)27(14-17-8-4-3-5-9-17)13-11-18-10-6-7-12-24-18/h3-10,12,15H,11,13-14H2,1-2H3. The number of methoxy groups -OCH3 is 1. The summed E-state index contributed by atoms with van der Waals surface area (Å²) < 4.78 is 4.95. The minimum atomic E-state index is -0.343. The number of carbonyl (C=O) groups excluding carboxylic acids is 1. The molecule has 30 heavy (non-hydrogen) atoms. The van der Waals surface area contributed by atoms with Gasteiger partial charge in [-0.1, -0.05) is 36.4 Å². The summed E-state index contributed by atoms with van der Waals surface area (Å²) in [6, 6.07) is 16.2. The minimum absolute atomic E-state index is 0.343. The third-order valence-corrected chi connectivity index (χ3v) is 6.14. The van der Waals surface area contributed by atoms with Crippen molar-refractivity contribution in [1.29, 1.82) is 0 Å². The highest BCUT2D eigenvalue weighted by Crippen LogP contribution is 2.35. The van der Waals surface area contributed by atoms with Crippen LogP contribution in [0.5, 0.6) is 0 Å². The van der Waals surface area contributed by atoms with Crippen molar-refractivity contribution in [2.75, 3.05) is 18.6 Å². The van der Waals surface area contributed by atoms with Gasteiger partial charge in [-0.25, -0.2) is 14.8 Å². The lowest BCUT2D eigenvalue weighted by molar-refractivity contribution is 0.0605. The molecule has 0 saturated heterocycles. The number of hydrogen-bond donors (Lipinski definition) is 0. The van der Waals surface area contributed by atoms with Gasteiger partial charge in [-0.3, -0.25) is 4.98 Å². The van der Waals surface area contributed by atoms with E-state index in [1.807, 2.05) is 49.5 Å². The number of aryl methyl sites for hydroxylation is 1. The molecule has 0 radical (unpaired) electrons. The van der Waals surface area contributed by atoms with E-state index in [9.17, 15) is 4.79 Å². The number of nitrogens with zero attached hydrogens (tertiary/aromatic N) is 4. The molecule has 3 aromatic heterocycles. The summed E-state index contributed by atoms with van der Waals surface area (Å²) in [6.45, 7) is 3.36. The van der Waals surface area contributed by atoms with Crippen LogP contribution in [0.2, 0.25) is 0 Å². The van der Waals surface area contributed by atoms with E-state index in [4.69, 9.17) is 4.74 Å². The summed E-state index contributed by atoms with van der Waals surface area (Å²) in [5, 5.41) is 0.903. The summed E-state index contributed by atoms with van der Waals surface area (Å²) in [5.41, 5.74) is 3.07. The zero-order valence-electron chi connectivity index (χ0n) is 16.9. The second-order valence-electron chi connectivity index (χ2n) is 6.90. The highest BCUT2D eigenvalue weighted by Gasteiger charge is 2.22. The van der Waals surface area contributed by atoms with Crippen LogP contribution in [0.25, 0.3) is 10.2 Å². The van der Waals surface area contributed by atoms with Crippen molar-refractivity contribution in [3.05, 3.63) is 82.8 Å². The Kier molecular flexibility index (Phi) is 5.99. The summed E-state index contributed by atoms with van der Waals surface area (Å²) in [6.07, 6.45) is 4.16. The molecule has 0 aliphatic heterocycles. The van der Waals surface area contributed by atoms with Crippen LogP contribution in [0.3, 0.4) is 0 Å². The summed E-state index contributed by atoms with van der Waals surface area (Å²) in [4.78, 5) is 29.3. The molecule has 0 amide bonds. The molecule has 0 saturated carbocycles. The molecule has 0 atom stereocenters. The number of ether oxygens (including phenoxy) is 1. The van der Waals surface area contributed by atoms with Crippen molar-refractivity contribution in [2.45, 2.75) is 19.9 Å². The van der Waals surface area contributed by atoms with Crippen molar-refractivity contribution in [3.63, 3.8) is 0 Å². The van der Waals surface area contributed by atoms with Crippen LogP contribution in [0.1, 0.15) is 26.5 Å². The Balaban J connectivity index is 1.74. The Bertz CT molecular complexity index is 1150. The molecule has 0 N–H and O–H groups in total. The molecule has 7 heteroatoms. The lowest BCUT2D eigenvalue weighted by Gasteiger charge is -2.24. The number of esters is 1. The van der Waals surface area contributed by atoms with Crippen molar-refractivity contribution in [2.24, 2.45) is 0 Å². The van der Waals surface area contributed by atoms with E-state index < -0.39 is 0 Å². The molecule has 0 bridgehead atoms. The summed E-state index contributed by atoms with van der Waals surface area (Å²) in [5.74, 6) is 0.480. The Morgan fingerprint density at radius 1 is 1.07 bits per heavy atom. The molecule has 4 aromatic rings. The monoisotopic (exact) mass is 418 g/mol. The molecule has 152 valence electrons. The molecule has 0 aliphatic carbocycles. The van der Waals surface area contributed by atoms with Crippen LogP contribution >= 0.6 is 11.3 Å². The molecule has 0 unspecified atom stereocenters. The Morgan fingerprint density at radius 3 is 2.60 bits per heavy atom. The lowest BCUT2D eigenvalue weighted by Crippen LogP contribution is -2.27. The molecule has 6 nitrogen and oxygen atoms in total. The average molecular weight is 419 g/mol. The first-order valence-corrected chi connectivity index (χ1v) is 10.5. The molecular weight excluding hydrogens is 396 g/mol. The van der Waals surface area contributed by atoms with Crippen molar-refractivity contribution < 1.29 is 9.53 Å². The Hall–Kier alpha value is -3.32. The van der Waals surface area contributed by atoms with Gasteiger partial charge in [-0.05, 0) is 30.2 Å². The van der Waals surface area contributed by atoms with E-state index in [1.54, 1.807) is 6.33 Å². The fourth-order valence-electron chi connectivity index (χ4n) is 3.44. The van der Waals surface area contributed by atoms with Gasteiger partial charge in [0.1, 0.15) is 21.9 Å². The van der Waals surface area contributed by atoms with Gasteiger partial charge in [-0.15, -0.1) is 11.3 Å². The SMILES string of the molecule is COC(=O)c1sc2ncnc(N(CCc3ccccn3)Cc3ccccc3)c2c1C. The van der Waals surface area contributed by atoms with E-state index in [-0.39, 0.29) is 5.97 Å². The topological polar surface area (TPSA) is 68.2 Å². The van der Waals surface area contributed by atoms with Crippen LogP contribution in [0.4, 0.5) is 5.82 Å². The number of aromatic nitrogens is 3. The van der Waals surface area contributed by atoms with Crippen LogP contribution in [0.15, 0.2) is 61.1 Å². The number of fused-ring (bicyclic) bond motifs is 1. The van der Waals surface area contributed by atoms with E-state index in [2.05, 4.69) is 32.0 Å². The van der Waals surface area contributed by atoms with Crippen molar-refractivity contribution >= 4 is 33.3 Å². The van der Waals surface area contributed by atoms with Gasteiger partial charge in [0, 0.05) is 31.4 Å². The fourth-order valence-corrected chi connectivity index (χ4v) is 4.50. The van der Waals surface area contributed by atoms with Crippen LogP contribution in [-0.2, 0) is 17.7 Å². The number of rotatable bonds is 7. The second kappa shape index (κ2) is 9.00. The normalized spacial score (nSPS) is 10.9. The minimum Gasteiger partial charge on any atom is -0.465 e. The Labute approximate surface area is 179 Å². The van der Waals surface area contributed by atoms with E-state index >= 15 is 0 Å². The number of pyridine rings is 1. The number of carbonyl (C=O) groups is 1. The Morgan fingerprint density at radius 2 is 1.87 bits per heavy atom. The maximum atomic E-state index is 12.2. The highest BCUT2D eigenvalue weighted by molar-refractivity contribution is 7.20. The van der Waals surface area contributed by atoms with Crippen LogP contribution < -0.4 is 4.90 Å². The maximum Gasteiger partial charge on any atom is 0.348 e. The molecule has 4 rings (SSSR count). The highest BCUT2D eigenvalue weighted by atomic mass is 32.1. The molecular formula is C23H22N4O2S. The molecule has 3 heterocycles. The van der Waals surface area contributed by atoms with Gasteiger partial charge >= 0.3 is 5.97 Å². The number of anilines is 1. The third kappa shape index (κ3) is 4.16. The lowest BCUT2D eigenvalue weighted by atomic mass is 10.1. The first-order valence-electron chi connectivity index (χ1n) is 9.68. The van der Waals surface area contributed by atoms with Crippen molar-refractivity contribution in [1.82, 2.24) is 15.0 Å². The summed E-state index contributed by atoms with van der Waals surface area (Å²) >= 11 is 1.34. The predicted molar refractivity (Wildman–Crippen MR) is 119 cm³/mol. The second-order valence-corrected chi connectivity index (χ2v) is 7.90. The molecule has 0 aliphatic rings. The van der Waals surface area contributed by atoms with Gasteiger partial charge in [0.2, 0.25) is 0 Å². The number of benzene rings is 1. The molecule has 0 fully saturated rings. The largest absolute Gasteiger partial charge is 0.465 e. The van der Waals surface area contributed by atoms with Gasteiger partial charge < -0.3 is 9.64 Å². The van der Waals surface area contributed by atoms with Crippen LogP contribution in [-0.4, -0.2) is 34.6 Å². The molecule has 0 spiro atoms. The van der Waals surface area contributed by atoms with Crippen molar-refractivity contribution in [3.8, 4) is 0 Å². The van der Waals surface area contributed by atoms with E-state index in [1.165, 1.54) is 24.0 Å². The number of thiophene rings is 1. The van der Waals surface area contributed by atoms with Gasteiger partial charge in [0.15, 0.2) is 0 Å². The maximum absolute atomic E-state index is 12.2. The average Bonchev–Trinajstić information content (AvgIpc) is 3.14. The van der Waals surface area contributed by atoms with E-state index in [0.717, 1.165) is 40.3 Å². The summed E-state index contributed by atoms with van der Waals surface area (Å²) in [7, 11) is 1.40. The first-order chi connectivity index (χ1) is 14.7. The first kappa shape index (κ1) is 20.0. The van der Waals surface area contributed by atoms with Crippen LogP contribution in [0, 0.1) is 6.92 Å². The zero-order valence-corrected chi connectivity index (χ0v) is 17.7. The van der Waals surface area contributed by atoms with E-state index in [0.29, 0.717) is 11.4 Å². The third-order valence-electron chi connectivity index (χ3n) is 4.96. The fraction of sp³-hybridized carbons (Fsp3) is 0.217. The number of hydrogen-bond acceptors (Lipinski definition) is 7. The smallest absolute Gasteiger partial charge is 0.348 e. The van der Waals surface area contributed by atoms with Gasteiger partial charge in [-0.2, -0.15) is 0 Å². The quantitative estimate of drug-likeness (QED) is 0.414. The zero-order chi connectivity index (χ0) is 20.9.